The molecule has 1 aliphatic heterocycles. The highest BCUT2D eigenvalue weighted by Crippen LogP contribution is 2.24. The minimum Gasteiger partial charge on any atom is -0.398 e. The molecule has 96 valence electrons. The van der Waals surface area contributed by atoms with Crippen LogP contribution in [0.15, 0.2) is 44.8 Å². The van der Waals surface area contributed by atoms with E-state index in [1.54, 1.807) is 0 Å². The zero-order chi connectivity index (χ0) is 13.6. The number of aryl methyl sites for hydroxylation is 1. The second-order valence-electron chi connectivity index (χ2n) is 4.47. The molecule has 0 saturated heterocycles. The molecule has 0 bridgehead atoms. The van der Waals surface area contributed by atoms with Gasteiger partial charge in [-0.25, -0.2) is 0 Å². The van der Waals surface area contributed by atoms with E-state index in [0.717, 1.165) is 32.0 Å². The molecule has 3 nitrogen and oxygen atoms in total. The molecule has 0 fully saturated rings. The first kappa shape index (κ1) is 12.6. The molecule has 2 N–H and O–H groups in total. The van der Waals surface area contributed by atoms with Gasteiger partial charge in [0.05, 0.1) is 15.5 Å². The molecule has 1 atom stereocenters. The standard InChI is InChI=1S/C14H11BrClN3/c1-7-6-10-13(11(15)12(7)17)19-14(18-10)8-2-4-9(16)5-3-8/h2-6,14H,17H2,1H3/t14-/m0/s1. The number of hydrogen-bond donors (Lipinski definition) is 1. The third-order valence-electron chi connectivity index (χ3n) is 3.15. The fraction of sp³-hybridized carbons (Fsp3) is 0.143. The van der Waals surface area contributed by atoms with Crippen molar-refractivity contribution in [3.8, 4) is 0 Å². The monoisotopic (exact) mass is 335 g/mol. The Labute approximate surface area is 124 Å². The first-order chi connectivity index (χ1) is 9.06. The molecule has 2 aromatic carbocycles. The Hall–Kier alpha value is -1.39. The molecule has 19 heavy (non-hydrogen) atoms. The highest BCUT2D eigenvalue weighted by Gasteiger charge is 2.16. The smallest absolute Gasteiger partial charge is 0.166 e. The molecule has 0 aromatic heterocycles. The van der Waals surface area contributed by atoms with E-state index < -0.39 is 0 Å². The maximum Gasteiger partial charge on any atom is 0.166 e. The molecule has 3 rings (SSSR count). The number of benzene rings is 2. The summed E-state index contributed by atoms with van der Waals surface area (Å²) in [5, 5.41) is 2.40. The van der Waals surface area contributed by atoms with Crippen molar-refractivity contribution < 1.29 is 0 Å². The van der Waals surface area contributed by atoms with E-state index in [0.29, 0.717) is 5.02 Å². The van der Waals surface area contributed by atoms with Crippen LogP contribution in [0.5, 0.6) is 0 Å². The number of rotatable bonds is 1. The first-order valence-electron chi connectivity index (χ1n) is 5.82. The second-order valence-corrected chi connectivity index (χ2v) is 5.70. The Balaban J connectivity index is 2.15. The molecule has 0 unspecified atom stereocenters. The van der Waals surface area contributed by atoms with Crippen LogP contribution in [0.3, 0.4) is 0 Å². The highest BCUT2D eigenvalue weighted by molar-refractivity contribution is 9.10. The average Bonchev–Trinajstić information content (AvgIpc) is 2.81. The summed E-state index contributed by atoms with van der Waals surface area (Å²) in [6.07, 6.45) is -0.218. The van der Waals surface area contributed by atoms with Gasteiger partial charge in [0.2, 0.25) is 0 Å². The van der Waals surface area contributed by atoms with Gasteiger partial charge < -0.3 is 5.73 Å². The van der Waals surface area contributed by atoms with Crippen LogP contribution in [-0.2, 0) is 0 Å². The van der Waals surface area contributed by atoms with Crippen LogP contribution in [0, 0.1) is 6.92 Å². The van der Waals surface area contributed by atoms with Crippen LogP contribution in [0.25, 0.3) is 0 Å². The van der Waals surface area contributed by atoms with Crippen molar-refractivity contribution >= 4 is 33.2 Å². The third kappa shape index (κ3) is 2.15. The lowest BCUT2D eigenvalue weighted by Gasteiger charge is -2.03. The Bertz CT molecular complexity index is 769. The van der Waals surface area contributed by atoms with Gasteiger partial charge in [0.15, 0.2) is 6.17 Å². The summed E-state index contributed by atoms with van der Waals surface area (Å²) in [5.74, 6) is 0. The average molecular weight is 337 g/mol. The highest BCUT2D eigenvalue weighted by atomic mass is 79.9. The van der Waals surface area contributed by atoms with E-state index >= 15 is 0 Å². The van der Waals surface area contributed by atoms with E-state index in [-0.39, 0.29) is 6.17 Å². The van der Waals surface area contributed by atoms with Gasteiger partial charge in [0, 0.05) is 5.02 Å². The van der Waals surface area contributed by atoms with Gasteiger partial charge in [-0.3, -0.25) is 9.98 Å². The molecule has 0 spiro atoms. The van der Waals surface area contributed by atoms with Crippen molar-refractivity contribution in [2.45, 2.75) is 13.1 Å². The molecule has 0 aliphatic carbocycles. The Kier molecular flexibility index (Phi) is 3.07. The molecule has 1 heterocycles. The van der Waals surface area contributed by atoms with Crippen molar-refractivity contribution in [3.05, 3.63) is 61.7 Å². The SMILES string of the molecule is Cc1cc2c(c(Br)c1N)=N[C@@H](c1ccc(Cl)cc1)N=2. The van der Waals surface area contributed by atoms with Crippen LogP contribution < -0.4 is 16.4 Å². The van der Waals surface area contributed by atoms with Crippen LogP contribution in [0.2, 0.25) is 5.02 Å². The van der Waals surface area contributed by atoms with Crippen molar-refractivity contribution in [2.24, 2.45) is 9.98 Å². The third-order valence-corrected chi connectivity index (χ3v) is 4.20. The number of halogens is 2. The van der Waals surface area contributed by atoms with E-state index in [9.17, 15) is 0 Å². The fourth-order valence-electron chi connectivity index (χ4n) is 2.05. The van der Waals surface area contributed by atoms with E-state index in [4.69, 9.17) is 17.3 Å². The largest absolute Gasteiger partial charge is 0.398 e. The summed E-state index contributed by atoms with van der Waals surface area (Å²) >= 11 is 9.38. The van der Waals surface area contributed by atoms with Gasteiger partial charge in [-0.1, -0.05) is 23.7 Å². The second kappa shape index (κ2) is 4.62. The van der Waals surface area contributed by atoms with Gasteiger partial charge in [0.25, 0.3) is 0 Å². The van der Waals surface area contributed by atoms with Crippen LogP contribution in [0.4, 0.5) is 5.69 Å². The van der Waals surface area contributed by atoms with Gasteiger partial charge in [-0.15, -0.1) is 0 Å². The number of nitrogens with zero attached hydrogens (tertiary/aromatic N) is 2. The summed E-state index contributed by atoms with van der Waals surface area (Å²) < 4.78 is 0.822. The van der Waals surface area contributed by atoms with Crippen LogP contribution in [-0.4, -0.2) is 0 Å². The Morgan fingerprint density at radius 2 is 1.89 bits per heavy atom. The summed E-state index contributed by atoms with van der Waals surface area (Å²) in [6, 6.07) is 9.54. The predicted molar refractivity (Wildman–Crippen MR) is 79.8 cm³/mol. The van der Waals surface area contributed by atoms with Gasteiger partial charge in [-0.05, 0) is 52.2 Å². The molecule has 5 heteroatoms. The molecule has 0 saturated carbocycles. The molecular weight excluding hydrogens is 326 g/mol. The lowest BCUT2D eigenvalue weighted by molar-refractivity contribution is 0.771. The number of nitrogens with two attached hydrogens (primary N) is 1. The number of nitrogen functional groups attached to an aromatic ring is 1. The zero-order valence-corrected chi connectivity index (χ0v) is 12.5. The summed E-state index contributed by atoms with van der Waals surface area (Å²) in [7, 11) is 0. The number of anilines is 1. The maximum atomic E-state index is 5.99. The van der Waals surface area contributed by atoms with E-state index in [1.807, 2.05) is 37.3 Å². The summed E-state index contributed by atoms with van der Waals surface area (Å²) in [6.45, 7) is 1.96. The summed E-state index contributed by atoms with van der Waals surface area (Å²) in [4.78, 5) is 9.24. The van der Waals surface area contributed by atoms with Gasteiger partial charge in [0.1, 0.15) is 5.36 Å². The Morgan fingerprint density at radius 1 is 1.21 bits per heavy atom. The minimum absolute atomic E-state index is 0.218. The Morgan fingerprint density at radius 3 is 2.58 bits per heavy atom. The molecule has 1 aliphatic rings. The number of fused-ring (bicyclic) bond motifs is 1. The lowest BCUT2D eigenvalue weighted by Crippen LogP contribution is -2.24. The fourth-order valence-corrected chi connectivity index (χ4v) is 2.80. The number of hydrogen-bond acceptors (Lipinski definition) is 3. The molecule has 2 aromatic rings. The van der Waals surface area contributed by atoms with Crippen LogP contribution >= 0.6 is 27.5 Å². The molecule has 0 amide bonds. The van der Waals surface area contributed by atoms with Crippen molar-refractivity contribution in [2.75, 3.05) is 5.73 Å². The summed E-state index contributed by atoms with van der Waals surface area (Å²) in [5.41, 5.74) is 8.73. The van der Waals surface area contributed by atoms with Crippen LogP contribution in [0.1, 0.15) is 17.3 Å². The maximum absolute atomic E-state index is 5.99. The molecule has 0 radical (unpaired) electrons. The topological polar surface area (TPSA) is 50.7 Å². The predicted octanol–water partition coefficient (Wildman–Crippen LogP) is 2.94. The first-order valence-corrected chi connectivity index (χ1v) is 6.99. The normalized spacial score (nSPS) is 16.7. The van der Waals surface area contributed by atoms with E-state index in [1.165, 1.54) is 0 Å². The quantitative estimate of drug-likeness (QED) is 0.800. The van der Waals surface area contributed by atoms with E-state index in [2.05, 4.69) is 25.9 Å². The lowest BCUT2D eigenvalue weighted by atomic mass is 10.2. The van der Waals surface area contributed by atoms with Crippen molar-refractivity contribution in [1.29, 1.82) is 0 Å². The van der Waals surface area contributed by atoms with Crippen molar-refractivity contribution in [3.63, 3.8) is 0 Å². The van der Waals surface area contributed by atoms with Gasteiger partial charge in [-0.2, -0.15) is 0 Å². The minimum atomic E-state index is -0.218. The van der Waals surface area contributed by atoms with Gasteiger partial charge >= 0.3 is 0 Å². The molecular formula is C14H11BrClN3. The zero-order valence-electron chi connectivity index (χ0n) is 10.2. The van der Waals surface area contributed by atoms with Crippen molar-refractivity contribution in [1.82, 2.24) is 0 Å².